The summed E-state index contributed by atoms with van der Waals surface area (Å²) >= 11 is 1.31. The molecule has 3 heterocycles. The second-order valence-corrected chi connectivity index (χ2v) is 11.1. The number of aromatic nitrogens is 2. The lowest BCUT2D eigenvalue weighted by Crippen LogP contribution is -2.36. The number of halogens is 3. The van der Waals surface area contributed by atoms with E-state index in [-0.39, 0.29) is 40.8 Å². The zero-order valence-corrected chi connectivity index (χ0v) is 23.0. The van der Waals surface area contributed by atoms with Gasteiger partial charge < -0.3 is 15.4 Å². The van der Waals surface area contributed by atoms with Crippen LogP contribution in [0.1, 0.15) is 64.6 Å². The van der Waals surface area contributed by atoms with E-state index in [1.54, 1.807) is 17.5 Å². The molecule has 4 aromatic rings. The molecule has 2 atom stereocenters. The van der Waals surface area contributed by atoms with Crippen molar-refractivity contribution in [1.29, 1.82) is 0 Å². The first kappa shape index (κ1) is 28.1. The lowest BCUT2D eigenvalue weighted by atomic mass is 10.0. The molecular weight excluding hydrogens is 559 g/mol. The summed E-state index contributed by atoms with van der Waals surface area (Å²) in [6, 6.07) is 10.3. The number of non-ortho nitro benzene ring substituents is 1. The van der Waals surface area contributed by atoms with Gasteiger partial charge in [-0.2, -0.15) is 18.3 Å². The molecule has 13 heteroatoms. The molecule has 2 aromatic carbocycles. The van der Waals surface area contributed by atoms with E-state index in [1.165, 1.54) is 23.5 Å². The summed E-state index contributed by atoms with van der Waals surface area (Å²) in [5.41, 5.74) is 1.40. The summed E-state index contributed by atoms with van der Waals surface area (Å²) in [7, 11) is 0. The number of amides is 1. The lowest BCUT2D eigenvalue weighted by molar-refractivity contribution is -0.384. The number of carbonyl (C=O) groups excluding carboxylic acids is 1. The number of ether oxygens (including phenoxy) is 1. The van der Waals surface area contributed by atoms with Crippen LogP contribution in [0.25, 0.3) is 0 Å². The van der Waals surface area contributed by atoms with Gasteiger partial charge in [-0.05, 0) is 41.5 Å². The monoisotopic (exact) mass is 585 g/mol. The van der Waals surface area contributed by atoms with Gasteiger partial charge in [0, 0.05) is 23.4 Å². The molecule has 0 spiro atoms. The maximum Gasteiger partial charge on any atom is 0.410 e. The molecule has 214 valence electrons. The molecule has 0 saturated carbocycles. The van der Waals surface area contributed by atoms with E-state index in [1.807, 2.05) is 39.0 Å². The average Bonchev–Trinajstić information content (AvgIpc) is 3.57. The largest absolute Gasteiger partial charge is 0.457 e. The number of benzene rings is 2. The fraction of sp³-hybridized carbons (Fsp3) is 0.286. The Hall–Kier alpha value is -4.39. The number of thiophene rings is 1. The minimum atomic E-state index is -4.59. The number of anilines is 2. The van der Waals surface area contributed by atoms with E-state index in [0.717, 1.165) is 28.1 Å². The number of nitrogens with zero attached hydrogens (tertiary/aromatic N) is 3. The number of hydrogen-bond donors (Lipinski definition) is 2. The van der Waals surface area contributed by atoms with E-state index in [0.29, 0.717) is 10.6 Å². The molecule has 0 radical (unpaired) electrons. The molecule has 41 heavy (non-hydrogen) atoms. The van der Waals surface area contributed by atoms with Gasteiger partial charge in [-0.3, -0.25) is 14.9 Å². The number of hydrogen-bond acceptors (Lipinski definition) is 7. The summed E-state index contributed by atoms with van der Waals surface area (Å²) in [5, 5.41) is 22.9. The maximum atomic E-state index is 14.0. The van der Waals surface area contributed by atoms with E-state index in [2.05, 4.69) is 15.7 Å². The second-order valence-electron chi connectivity index (χ2n) is 10.1. The lowest BCUT2D eigenvalue weighted by Gasteiger charge is -2.33. The van der Waals surface area contributed by atoms with Gasteiger partial charge in [0.1, 0.15) is 22.9 Å². The Morgan fingerprint density at radius 1 is 1.24 bits per heavy atom. The standard InChI is InChI=1S/C28H26F3N5O4S/c1-15(2)20-7-6-16(3)9-23(20)40-19-11-17(10-18(12-19)36(38)39)33-27(37)21-14-32-35-25(28(29,30)31)13-22(34-26(21)35)24-5-4-8-41-24/h4-12,14-15,22,25,34H,13H2,1-3H3,(H,33,37)/t22-,25+/m0/s1. The van der Waals surface area contributed by atoms with Crippen molar-refractivity contribution in [3.05, 3.63) is 91.8 Å². The average molecular weight is 586 g/mol. The smallest absolute Gasteiger partial charge is 0.410 e. The number of rotatable bonds is 7. The van der Waals surface area contributed by atoms with Crippen LogP contribution in [0.5, 0.6) is 11.5 Å². The van der Waals surface area contributed by atoms with Crippen molar-refractivity contribution >= 4 is 34.4 Å². The molecular formula is C28H26F3N5O4S. The highest BCUT2D eigenvalue weighted by Crippen LogP contribution is 2.45. The molecule has 2 aromatic heterocycles. The fourth-order valence-corrected chi connectivity index (χ4v) is 5.55. The number of fused-ring (bicyclic) bond motifs is 1. The summed E-state index contributed by atoms with van der Waals surface area (Å²) in [5.74, 6) is -0.116. The third kappa shape index (κ3) is 5.89. The quantitative estimate of drug-likeness (QED) is 0.168. The minimum absolute atomic E-state index is 0.0379. The first-order valence-corrected chi connectivity index (χ1v) is 13.6. The van der Waals surface area contributed by atoms with Crippen LogP contribution in [0.2, 0.25) is 0 Å². The van der Waals surface area contributed by atoms with Gasteiger partial charge in [-0.1, -0.05) is 32.0 Å². The molecule has 1 amide bonds. The number of alkyl halides is 3. The van der Waals surface area contributed by atoms with Gasteiger partial charge in [0.2, 0.25) is 0 Å². The van der Waals surface area contributed by atoms with Crippen molar-refractivity contribution in [2.75, 3.05) is 10.6 Å². The predicted octanol–water partition coefficient (Wildman–Crippen LogP) is 7.99. The van der Waals surface area contributed by atoms with Crippen molar-refractivity contribution in [3.8, 4) is 11.5 Å². The van der Waals surface area contributed by atoms with Crippen LogP contribution < -0.4 is 15.4 Å². The second kappa shape index (κ2) is 10.9. The van der Waals surface area contributed by atoms with Crippen LogP contribution in [-0.4, -0.2) is 26.8 Å². The summed E-state index contributed by atoms with van der Waals surface area (Å²) in [4.78, 5) is 25.1. The summed E-state index contributed by atoms with van der Waals surface area (Å²) < 4.78 is 48.7. The third-order valence-corrected chi connectivity index (χ3v) is 7.73. The van der Waals surface area contributed by atoms with Crippen molar-refractivity contribution in [2.24, 2.45) is 0 Å². The molecule has 1 aliphatic rings. The Morgan fingerprint density at radius 2 is 2.02 bits per heavy atom. The molecule has 0 bridgehead atoms. The Morgan fingerprint density at radius 3 is 2.68 bits per heavy atom. The zero-order chi connectivity index (χ0) is 29.5. The van der Waals surface area contributed by atoms with Crippen LogP contribution in [-0.2, 0) is 0 Å². The number of carbonyl (C=O) groups is 1. The number of nitro benzene ring substituents is 1. The van der Waals surface area contributed by atoms with Crippen LogP contribution in [0.3, 0.4) is 0 Å². The van der Waals surface area contributed by atoms with Crippen LogP contribution in [0.15, 0.2) is 60.1 Å². The van der Waals surface area contributed by atoms with Gasteiger partial charge in [-0.15, -0.1) is 11.3 Å². The molecule has 0 aliphatic carbocycles. The maximum absolute atomic E-state index is 14.0. The third-order valence-electron chi connectivity index (χ3n) is 6.75. The number of nitrogens with one attached hydrogen (secondary N) is 2. The zero-order valence-electron chi connectivity index (χ0n) is 22.2. The molecule has 0 fully saturated rings. The predicted molar refractivity (Wildman–Crippen MR) is 149 cm³/mol. The topological polar surface area (TPSA) is 111 Å². The van der Waals surface area contributed by atoms with Crippen LogP contribution in [0.4, 0.5) is 30.4 Å². The van der Waals surface area contributed by atoms with Crippen molar-refractivity contribution < 1.29 is 27.6 Å². The highest BCUT2D eigenvalue weighted by molar-refractivity contribution is 7.10. The van der Waals surface area contributed by atoms with E-state index in [9.17, 15) is 28.1 Å². The van der Waals surface area contributed by atoms with E-state index >= 15 is 0 Å². The SMILES string of the molecule is Cc1ccc(C(C)C)c(Oc2cc(NC(=O)c3cnn4c3N[C@H](c3cccs3)C[C@@H]4C(F)(F)F)cc([N+](=O)[O-])c2)c1. The molecule has 1 aliphatic heterocycles. The summed E-state index contributed by atoms with van der Waals surface area (Å²) in [6.45, 7) is 5.87. The normalized spacial score (nSPS) is 16.7. The molecule has 5 rings (SSSR count). The first-order chi connectivity index (χ1) is 19.4. The van der Waals surface area contributed by atoms with Crippen LogP contribution in [0, 0.1) is 17.0 Å². The van der Waals surface area contributed by atoms with Crippen molar-refractivity contribution in [2.45, 2.75) is 51.4 Å². The molecule has 0 unspecified atom stereocenters. The van der Waals surface area contributed by atoms with E-state index in [4.69, 9.17) is 4.74 Å². The number of aryl methyl sites for hydroxylation is 1. The minimum Gasteiger partial charge on any atom is -0.457 e. The van der Waals surface area contributed by atoms with Gasteiger partial charge in [-0.25, -0.2) is 4.68 Å². The Kier molecular flexibility index (Phi) is 7.47. The van der Waals surface area contributed by atoms with Gasteiger partial charge in [0.05, 0.1) is 28.9 Å². The van der Waals surface area contributed by atoms with Gasteiger partial charge in [0.15, 0.2) is 6.04 Å². The Bertz CT molecular complexity index is 1600. The summed E-state index contributed by atoms with van der Waals surface area (Å²) in [6.07, 6.45) is -3.82. The highest BCUT2D eigenvalue weighted by atomic mass is 32.1. The highest BCUT2D eigenvalue weighted by Gasteiger charge is 2.47. The molecule has 9 nitrogen and oxygen atoms in total. The van der Waals surface area contributed by atoms with Gasteiger partial charge >= 0.3 is 6.18 Å². The van der Waals surface area contributed by atoms with Crippen molar-refractivity contribution in [1.82, 2.24) is 9.78 Å². The van der Waals surface area contributed by atoms with Gasteiger partial charge in [0.25, 0.3) is 11.6 Å². The fourth-order valence-electron chi connectivity index (χ4n) is 4.76. The Labute approximate surface area is 237 Å². The molecule has 0 saturated heterocycles. The Balaban J connectivity index is 1.47. The molecule has 2 N–H and O–H groups in total. The van der Waals surface area contributed by atoms with E-state index < -0.39 is 29.1 Å². The van der Waals surface area contributed by atoms with Crippen LogP contribution >= 0.6 is 11.3 Å². The number of nitro groups is 1. The first-order valence-electron chi connectivity index (χ1n) is 12.7. The van der Waals surface area contributed by atoms with Crippen molar-refractivity contribution in [3.63, 3.8) is 0 Å².